The van der Waals surface area contributed by atoms with Crippen molar-refractivity contribution in [1.82, 2.24) is 10.2 Å². The van der Waals surface area contributed by atoms with Gasteiger partial charge in [-0.3, -0.25) is 4.79 Å². The van der Waals surface area contributed by atoms with Gasteiger partial charge in [0.15, 0.2) is 6.10 Å². The standard InChI is InChI=1S/C15H21N3O2/c19-15(16-7-10-18-8-3-4-9-18)14-11-17-12-5-1-2-6-13(12)20-14/h1-2,5-6,14,17H,3-4,7-11H2,(H,16,19). The molecule has 108 valence electrons. The van der Waals surface area contributed by atoms with Gasteiger partial charge in [-0.25, -0.2) is 0 Å². The molecule has 1 aromatic rings. The van der Waals surface area contributed by atoms with Crippen molar-refractivity contribution in [2.24, 2.45) is 0 Å². The summed E-state index contributed by atoms with van der Waals surface area (Å²) >= 11 is 0. The molecule has 1 amide bonds. The number of rotatable bonds is 4. The van der Waals surface area contributed by atoms with Gasteiger partial charge in [-0.15, -0.1) is 0 Å². The summed E-state index contributed by atoms with van der Waals surface area (Å²) in [4.78, 5) is 14.5. The summed E-state index contributed by atoms with van der Waals surface area (Å²) in [6.45, 7) is 4.46. The van der Waals surface area contributed by atoms with Crippen LogP contribution in [0.5, 0.6) is 5.75 Å². The van der Waals surface area contributed by atoms with E-state index in [4.69, 9.17) is 4.74 Å². The zero-order valence-corrected chi connectivity index (χ0v) is 11.6. The fourth-order valence-electron chi connectivity index (χ4n) is 2.72. The van der Waals surface area contributed by atoms with E-state index >= 15 is 0 Å². The number of para-hydroxylation sites is 2. The van der Waals surface area contributed by atoms with Crippen LogP contribution in [0.4, 0.5) is 5.69 Å². The predicted octanol–water partition coefficient (Wildman–Crippen LogP) is 1.07. The summed E-state index contributed by atoms with van der Waals surface area (Å²) in [6, 6.07) is 7.70. The lowest BCUT2D eigenvalue weighted by molar-refractivity contribution is -0.127. The van der Waals surface area contributed by atoms with E-state index < -0.39 is 6.10 Å². The summed E-state index contributed by atoms with van der Waals surface area (Å²) in [5, 5.41) is 6.19. The van der Waals surface area contributed by atoms with E-state index in [1.807, 2.05) is 24.3 Å². The molecule has 5 heteroatoms. The SMILES string of the molecule is O=C(NCCN1CCCC1)C1CNc2ccccc2O1. The van der Waals surface area contributed by atoms with Gasteiger partial charge in [0.25, 0.3) is 5.91 Å². The molecule has 2 heterocycles. The van der Waals surface area contributed by atoms with Crippen LogP contribution in [-0.2, 0) is 4.79 Å². The quantitative estimate of drug-likeness (QED) is 0.863. The Morgan fingerprint density at radius 3 is 3.00 bits per heavy atom. The highest BCUT2D eigenvalue weighted by Crippen LogP contribution is 2.28. The number of likely N-dealkylation sites (tertiary alicyclic amines) is 1. The summed E-state index contributed by atoms with van der Waals surface area (Å²) in [6.07, 6.45) is 2.12. The lowest BCUT2D eigenvalue weighted by atomic mass is 10.2. The van der Waals surface area contributed by atoms with Crippen LogP contribution in [-0.4, -0.2) is 49.6 Å². The lowest BCUT2D eigenvalue weighted by Crippen LogP contribution is -2.46. The van der Waals surface area contributed by atoms with Crippen molar-refractivity contribution in [2.45, 2.75) is 18.9 Å². The number of nitrogens with one attached hydrogen (secondary N) is 2. The average molecular weight is 275 g/mol. The van der Waals surface area contributed by atoms with Gasteiger partial charge >= 0.3 is 0 Å². The Morgan fingerprint density at radius 2 is 2.15 bits per heavy atom. The van der Waals surface area contributed by atoms with Crippen LogP contribution >= 0.6 is 0 Å². The molecule has 5 nitrogen and oxygen atoms in total. The molecule has 0 radical (unpaired) electrons. The molecule has 3 rings (SSSR count). The Morgan fingerprint density at radius 1 is 1.35 bits per heavy atom. The fourth-order valence-corrected chi connectivity index (χ4v) is 2.72. The zero-order chi connectivity index (χ0) is 13.8. The number of amides is 1. The van der Waals surface area contributed by atoms with Gasteiger partial charge in [-0.1, -0.05) is 12.1 Å². The normalized spacial score (nSPS) is 21.7. The number of fused-ring (bicyclic) bond motifs is 1. The monoisotopic (exact) mass is 275 g/mol. The van der Waals surface area contributed by atoms with E-state index in [2.05, 4.69) is 15.5 Å². The van der Waals surface area contributed by atoms with Crippen LogP contribution in [0, 0.1) is 0 Å². The number of benzene rings is 1. The fraction of sp³-hybridized carbons (Fsp3) is 0.533. The summed E-state index contributed by atoms with van der Waals surface area (Å²) in [5.74, 6) is 0.713. The average Bonchev–Trinajstić information content (AvgIpc) is 3.00. The molecule has 20 heavy (non-hydrogen) atoms. The predicted molar refractivity (Wildman–Crippen MR) is 78.0 cm³/mol. The number of nitrogens with zero attached hydrogens (tertiary/aromatic N) is 1. The summed E-state index contributed by atoms with van der Waals surface area (Å²) in [7, 11) is 0. The van der Waals surface area contributed by atoms with Gasteiger partial charge in [-0.2, -0.15) is 0 Å². The molecule has 1 aromatic carbocycles. The molecule has 2 aliphatic rings. The molecule has 0 spiro atoms. The van der Waals surface area contributed by atoms with Crippen LogP contribution < -0.4 is 15.4 Å². The first kappa shape index (κ1) is 13.2. The number of carbonyl (C=O) groups is 1. The van der Waals surface area contributed by atoms with Gasteiger partial charge in [0.1, 0.15) is 5.75 Å². The molecule has 1 fully saturated rings. The second-order valence-electron chi connectivity index (χ2n) is 5.32. The van der Waals surface area contributed by atoms with Crippen molar-refractivity contribution in [1.29, 1.82) is 0 Å². The second-order valence-corrected chi connectivity index (χ2v) is 5.32. The molecule has 2 N–H and O–H groups in total. The largest absolute Gasteiger partial charge is 0.477 e. The van der Waals surface area contributed by atoms with E-state index in [0.717, 1.165) is 31.1 Å². The van der Waals surface area contributed by atoms with Crippen LogP contribution in [0.25, 0.3) is 0 Å². The molecule has 0 aliphatic carbocycles. The minimum absolute atomic E-state index is 0.0359. The molecule has 0 saturated carbocycles. The first-order valence-electron chi connectivity index (χ1n) is 7.32. The molecule has 1 saturated heterocycles. The second kappa shape index (κ2) is 6.13. The Kier molecular flexibility index (Phi) is 4.06. The third-order valence-corrected chi connectivity index (χ3v) is 3.85. The molecular weight excluding hydrogens is 254 g/mol. The van der Waals surface area contributed by atoms with Crippen LogP contribution in [0.3, 0.4) is 0 Å². The number of hydrogen-bond acceptors (Lipinski definition) is 4. The highest BCUT2D eigenvalue weighted by atomic mass is 16.5. The lowest BCUT2D eigenvalue weighted by Gasteiger charge is -2.26. The number of ether oxygens (including phenoxy) is 1. The molecule has 2 aliphatic heterocycles. The van der Waals surface area contributed by atoms with E-state index in [1.165, 1.54) is 12.8 Å². The third kappa shape index (κ3) is 3.04. The minimum Gasteiger partial charge on any atom is -0.477 e. The topological polar surface area (TPSA) is 53.6 Å². The van der Waals surface area contributed by atoms with Crippen molar-refractivity contribution < 1.29 is 9.53 Å². The highest BCUT2D eigenvalue weighted by molar-refractivity contribution is 5.83. The summed E-state index contributed by atoms with van der Waals surface area (Å²) in [5.41, 5.74) is 0.952. The van der Waals surface area contributed by atoms with E-state index in [0.29, 0.717) is 13.1 Å². The third-order valence-electron chi connectivity index (χ3n) is 3.85. The number of anilines is 1. The summed E-state index contributed by atoms with van der Waals surface area (Å²) < 4.78 is 5.73. The molecular formula is C15H21N3O2. The van der Waals surface area contributed by atoms with Crippen LogP contribution in [0.2, 0.25) is 0 Å². The Labute approximate surface area is 119 Å². The first-order chi connectivity index (χ1) is 9.83. The molecule has 0 aromatic heterocycles. The molecule has 0 bridgehead atoms. The molecule has 1 unspecified atom stereocenters. The van der Waals surface area contributed by atoms with E-state index in [9.17, 15) is 4.79 Å². The van der Waals surface area contributed by atoms with Gasteiger partial charge in [0.05, 0.1) is 12.2 Å². The number of carbonyl (C=O) groups excluding carboxylic acids is 1. The first-order valence-corrected chi connectivity index (χ1v) is 7.32. The van der Waals surface area contributed by atoms with E-state index in [-0.39, 0.29) is 5.91 Å². The van der Waals surface area contributed by atoms with E-state index in [1.54, 1.807) is 0 Å². The minimum atomic E-state index is -0.441. The van der Waals surface area contributed by atoms with Gasteiger partial charge in [0, 0.05) is 13.1 Å². The van der Waals surface area contributed by atoms with Crippen LogP contribution in [0.1, 0.15) is 12.8 Å². The highest BCUT2D eigenvalue weighted by Gasteiger charge is 2.25. The smallest absolute Gasteiger partial charge is 0.262 e. The maximum absolute atomic E-state index is 12.1. The van der Waals surface area contributed by atoms with Gasteiger partial charge in [0.2, 0.25) is 0 Å². The maximum Gasteiger partial charge on any atom is 0.262 e. The van der Waals surface area contributed by atoms with Crippen molar-refractivity contribution in [3.63, 3.8) is 0 Å². The van der Waals surface area contributed by atoms with Crippen LogP contribution in [0.15, 0.2) is 24.3 Å². The van der Waals surface area contributed by atoms with Crippen molar-refractivity contribution in [3.8, 4) is 5.75 Å². The van der Waals surface area contributed by atoms with Gasteiger partial charge < -0.3 is 20.3 Å². The van der Waals surface area contributed by atoms with Crippen molar-refractivity contribution in [3.05, 3.63) is 24.3 Å². The Balaban J connectivity index is 1.46. The maximum atomic E-state index is 12.1. The number of hydrogen-bond donors (Lipinski definition) is 2. The van der Waals surface area contributed by atoms with Gasteiger partial charge in [-0.05, 0) is 38.1 Å². The zero-order valence-electron chi connectivity index (χ0n) is 11.6. The molecule has 1 atom stereocenters. The Hall–Kier alpha value is -1.75. The van der Waals surface area contributed by atoms with Crippen molar-refractivity contribution in [2.75, 3.05) is 38.0 Å². The Bertz CT molecular complexity index is 472. The van der Waals surface area contributed by atoms with Crippen molar-refractivity contribution >= 4 is 11.6 Å².